The van der Waals surface area contributed by atoms with E-state index in [-0.39, 0.29) is 38.3 Å². The van der Waals surface area contributed by atoms with Crippen molar-refractivity contribution in [1.29, 1.82) is 0 Å². The largest absolute Gasteiger partial charge is 0.789 e. The third kappa shape index (κ3) is 10.1. The maximum absolute atomic E-state index is 12.5. The molecule has 0 aromatic heterocycles. The number of rotatable bonds is 15. The molecular weight excluding hydrogens is 385 g/mol. The van der Waals surface area contributed by atoms with Crippen LogP contribution in [0.15, 0.2) is 0 Å². The van der Waals surface area contributed by atoms with Crippen molar-refractivity contribution in [3.05, 3.63) is 0 Å². The van der Waals surface area contributed by atoms with E-state index < -0.39 is 13.7 Å². The number of hydrogen-bond donors (Lipinski definition) is 2. The number of Topliss-reactive ketones (excluding diaryl/α,β-unsaturated/α-hetero) is 1. The molecule has 3 atom stereocenters. The van der Waals surface area contributed by atoms with Crippen LogP contribution in [0.25, 0.3) is 0 Å². The number of aliphatic hydroxyl groups excluding tert-OH is 2. The number of ketones is 1. The van der Waals surface area contributed by atoms with Gasteiger partial charge in [0.05, 0.1) is 32.0 Å². The number of aliphatic hydroxyl groups is 2. The minimum Gasteiger partial charge on any atom is -0.789 e. The number of unbranched alkanes of at least 4 members (excludes halogenated alkanes) is 3. The van der Waals surface area contributed by atoms with Gasteiger partial charge in [-0.25, -0.2) is 0 Å². The van der Waals surface area contributed by atoms with Crippen molar-refractivity contribution in [2.75, 3.05) is 26.4 Å². The van der Waals surface area contributed by atoms with Crippen LogP contribution in [0.2, 0.25) is 0 Å². The highest BCUT2D eigenvalue weighted by atomic mass is 31.2. The molecule has 0 radical (unpaired) electrons. The van der Waals surface area contributed by atoms with Gasteiger partial charge in [-0.05, 0) is 25.7 Å². The molecule has 9 heteroatoms. The first-order valence-corrected chi connectivity index (χ1v) is 11.9. The molecule has 1 aliphatic heterocycles. The van der Waals surface area contributed by atoms with Gasteiger partial charge < -0.3 is 29.1 Å². The molecule has 1 aliphatic rings. The predicted octanol–water partition coefficient (Wildman–Crippen LogP) is 1.24. The van der Waals surface area contributed by atoms with Crippen LogP contribution >= 0.6 is 7.57 Å². The molecule has 0 aliphatic carbocycles. The van der Waals surface area contributed by atoms with E-state index in [9.17, 15) is 19.6 Å². The van der Waals surface area contributed by atoms with Gasteiger partial charge in [0.1, 0.15) is 5.78 Å². The van der Waals surface area contributed by atoms with Crippen LogP contribution < -0.4 is 4.89 Å². The maximum atomic E-state index is 12.5. The smallest absolute Gasteiger partial charge is 0.222 e. The highest BCUT2D eigenvalue weighted by Crippen LogP contribution is 2.38. The fourth-order valence-electron chi connectivity index (χ4n) is 3.27. The van der Waals surface area contributed by atoms with E-state index >= 15 is 0 Å². The normalized spacial score (nSPS) is 21.6. The van der Waals surface area contributed by atoms with E-state index in [0.717, 1.165) is 32.1 Å². The lowest BCUT2D eigenvalue weighted by Crippen LogP contribution is -2.38. The molecule has 0 aromatic rings. The second-order valence-corrected chi connectivity index (χ2v) is 8.99. The molecule has 1 saturated heterocycles. The zero-order chi connectivity index (χ0) is 21.0. The fraction of sp³-hybridized carbons (Fsp3) is 0.842. The lowest BCUT2D eigenvalue weighted by atomic mass is 10.1. The number of amides is 1. The average molecular weight is 420 g/mol. The first kappa shape index (κ1) is 25.3. The summed E-state index contributed by atoms with van der Waals surface area (Å²) in [6.45, 7) is 1.77. The SMILES string of the molecule is C=P([O-])(OCCO)OC[C@@H]1C[C@@H](O)CN1C(=O)CCCCCCC(=O)CCC. The summed E-state index contributed by atoms with van der Waals surface area (Å²) in [6, 6.07) is -0.373. The Morgan fingerprint density at radius 2 is 1.86 bits per heavy atom. The predicted molar refractivity (Wildman–Crippen MR) is 107 cm³/mol. The molecule has 0 spiro atoms. The Morgan fingerprint density at radius 3 is 2.50 bits per heavy atom. The van der Waals surface area contributed by atoms with Crippen LogP contribution in [0.1, 0.15) is 64.7 Å². The molecular formula is C19H35NO7P-. The Kier molecular flexibility index (Phi) is 12.2. The molecule has 0 aromatic carbocycles. The van der Waals surface area contributed by atoms with E-state index in [1.165, 1.54) is 0 Å². The van der Waals surface area contributed by atoms with Gasteiger partial charge in [0.25, 0.3) is 0 Å². The van der Waals surface area contributed by atoms with Crippen molar-refractivity contribution in [2.24, 2.45) is 0 Å². The number of carbonyl (C=O) groups excluding carboxylic acids is 2. The van der Waals surface area contributed by atoms with E-state index in [0.29, 0.717) is 31.5 Å². The number of β-amino-alcohol motifs (C(OH)–C–C–N with tert-alkyl or cyclic N) is 1. The highest BCUT2D eigenvalue weighted by Gasteiger charge is 2.34. The maximum Gasteiger partial charge on any atom is 0.222 e. The topological polar surface area (TPSA) is 119 Å². The van der Waals surface area contributed by atoms with Crippen molar-refractivity contribution in [3.8, 4) is 0 Å². The second kappa shape index (κ2) is 13.5. The average Bonchev–Trinajstić information content (AvgIpc) is 3.02. The molecule has 164 valence electrons. The summed E-state index contributed by atoms with van der Waals surface area (Å²) in [7, 11) is -3.54. The van der Waals surface area contributed by atoms with Crippen molar-refractivity contribution in [2.45, 2.75) is 76.9 Å². The Morgan fingerprint density at radius 1 is 1.18 bits per heavy atom. The van der Waals surface area contributed by atoms with Gasteiger partial charge in [-0.1, -0.05) is 26.1 Å². The van der Waals surface area contributed by atoms with Gasteiger partial charge >= 0.3 is 0 Å². The Balaban J connectivity index is 2.31. The molecule has 0 bridgehead atoms. The third-order valence-corrected chi connectivity index (χ3v) is 5.80. The standard InChI is InChI=1S/C19H35NO7P/c1-3-8-17(22)9-6-4-5-7-10-19(24)20-14-18(23)13-16(20)15-27-28(2,25)26-12-11-21/h16,18,21,23H,2-15H2,1H3/q-1/t16-,18+,28?/m0/s1. The molecule has 0 saturated carbocycles. The summed E-state index contributed by atoms with van der Waals surface area (Å²) in [5, 5.41) is 18.6. The lowest BCUT2D eigenvalue weighted by molar-refractivity contribution is -0.209. The molecule has 8 nitrogen and oxygen atoms in total. The van der Waals surface area contributed by atoms with Gasteiger partial charge in [-0.2, -0.15) is 0 Å². The molecule has 1 heterocycles. The van der Waals surface area contributed by atoms with Crippen molar-refractivity contribution in [3.63, 3.8) is 0 Å². The minimum atomic E-state index is -3.54. The van der Waals surface area contributed by atoms with Crippen LogP contribution in [0, 0.1) is 0 Å². The quantitative estimate of drug-likeness (QED) is 0.302. The van der Waals surface area contributed by atoms with E-state index in [1.807, 2.05) is 6.92 Å². The summed E-state index contributed by atoms with van der Waals surface area (Å²) in [5.41, 5.74) is 0. The number of carbonyl (C=O) groups is 2. The highest BCUT2D eigenvalue weighted by molar-refractivity contribution is 7.57. The molecule has 1 amide bonds. The zero-order valence-corrected chi connectivity index (χ0v) is 17.8. The summed E-state index contributed by atoms with van der Waals surface area (Å²) in [6.07, 6.45) is 8.99. The molecule has 28 heavy (non-hydrogen) atoms. The summed E-state index contributed by atoms with van der Waals surface area (Å²) in [5.74, 6) is 0.237. The summed E-state index contributed by atoms with van der Waals surface area (Å²) in [4.78, 5) is 37.5. The Bertz CT molecular complexity index is 528. The number of hydrogen-bond acceptors (Lipinski definition) is 7. The summed E-state index contributed by atoms with van der Waals surface area (Å²) < 4.78 is 10.1. The van der Waals surface area contributed by atoms with E-state index in [1.54, 1.807) is 4.90 Å². The zero-order valence-electron chi connectivity index (χ0n) is 16.9. The van der Waals surface area contributed by atoms with Gasteiger partial charge in [-0.15, -0.1) is 0 Å². The third-order valence-electron chi connectivity index (χ3n) is 4.68. The van der Waals surface area contributed by atoms with Crippen molar-refractivity contribution in [1.82, 2.24) is 4.90 Å². The number of nitrogens with zero attached hydrogens (tertiary/aromatic N) is 1. The van der Waals surface area contributed by atoms with Gasteiger partial charge in [0, 0.05) is 33.4 Å². The molecule has 1 rings (SSSR count). The van der Waals surface area contributed by atoms with Crippen LogP contribution in [0.5, 0.6) is 0 Å². The molecule has 2 N–H and O–H groups in total. The van der Waals surface area contributed by atoms with Crippen molar-refractivity contribution < 1.29 is 33.7 Å². The first-order valence-electron chi connectivity index (χ1n) is 10.1. The Hall–Kier alpha value is -0.760. The van der Waals surface area contributed by atoms with E-state index in [2.05, 4.69) is 6.30 Å². The van der Waals surface area contributed by atoms with Gasteiger partial charge in [-0.3, -0.25) is 9.59 Å². The van der Waals surface area contributed by atoms with E-state index in [4.69, 9.17) is 14.2 Å². The monoisotopic (exact) mass is 420 g/mol. The van der Waals surface area contributed by atoms with Crippen LogP contribution in [-0.4, -0.2) is 71.6 Å². The van der Waals surface area contributed by atoms with Gasteiger partial charge in [0.2, 0.25) is 5.91 Å². The second-order valence-electron chi connectivity index (χ2n) is 7.26. The number of likely N-dealkylation sites (tertiary alicyclic amines) is 1. The van der Waals surface area contributed by atoms with Crippen LogP contribution in [-0.2, 0) is 18.6 Å². The van der Waals surface area contributed by atoms with Crippen molar-refractivity contribution >= 4 is 25.6 Å². The van der Waals surface area contributed by atoms with Crippen LogP contribution in [0.3, 0.4) is 0 Å². The Labute approximate surface area is 168 Å². The molecule has 1 fully saturated rings. The minimum absolute atomic E-state index is 0.0332. The summed E-state index contributed by atoms with van der Waals surface area (Å²) >= 11 is 0. The molecule has 1 unspecified atom stereocenters. The lowest BCUT2D eigenvalue weighted by Gasteiger charge is -2.33. The fourth-order valence-corrected chi connectivity index (χ4v) is 4.11. The van der Waals surface area contributed by atoms with Crippen LogP contribution in [0.4, 0.5) is 0 Å². The van der Waals surface area contributed by atoms with Gasteiger partial charge in [0.15, 0.2) is 0 Å². The first-order chi connectivity index (χ1) is 13.3.